The van der Waals surface area contributed by atoms with E-state index in [4.69, 9.17) is 4.42 Å². The van der Waals surface area contributed by atoms with Gasteiger partial charge in [-0.3, -0.25) is 4.79 Å². The average molecular weight is 398 g/mol. The molecule has 5 nitrogen and oxygen atoms in total. The van der Waals surface area contributed by atoms with Crippen LogP contribution in [0.25, 0.3) is 11.5 Å². The third-order valence-corrected chi connectivity index (χ3v) is 7.95. The van der Waals surface area contributed by atoms with Crippen molar-refractivity contribution in [3.8, 4) is 11.5 Å². The van der Waals surface area contributed by atoms with Gasteiger partial charge in [0.2, 0.25) is 11.8 Å². The van der Waals surface area contributed by atoms with Gasteiger partial charge in [-0.1, -0.05) is 30.0 Å². The lowest BCUT2D eigenvalue weighted by atomic mass is 9.48. The van der Waals surface area contributed by atoms with Crippen molar-refractivity contribution in [1.82, 2.24) is 15.5 Å². The monoisotopic (exact) mass is 397 g/mol. The Morgan fingerprint density at radius 3 is 2.43 bits per heavy atom. The Morgan fingerprint density at radius 2 is 1.79 bits per heavy atom. The molecule has 1 atom stereocenters. The van der Waals surface area contributed by atoms with Gasteiger partial charge in [0, 0.05) is 11.6 Å². The number of benzene rings is 1. The molecule has 148 valence electrons. The fourth-order valence-electron chi connectivity index (χ4n) is 6.24. The van der Waals surface area contributed by atoms with Gasteiger partial charge in [0.15, 0.2) is 0 Å². The first-order valence-electron chi connectivity index (χ1n) is 10.4. The quantitative estimate of drug-likeness (QED) is 0.724. The van der Waals surface area contributed by atoms with E-state index in [2.05, 4.69) is 22.4 Å². The Morgan fingerprint density at radius 1 is 1.14 bits per heavy atom. The van der Waals surface area contributed by atoms with Crippen LogP contribution >= 0.6 is 11.8 Å². The van der Waals surface area contributed by atoms with Crippen LogP contribution in [-0.2, 0) is 4.79 Å². The lowest BCUT2D eigenvalue weighted by Crippen LogP contribution is -2.56. The molecule has 1 heterocycles. The molecular formula is C22H27N3O2S. The van der Waals surface area contributed by atoms with Crippen LogP contribution in [0.1, 0.15) is 45.4 Å². The number of carbonyl (C=O) groups excluding carboxylic acids is 1. The molecule has 4 aliphatic rings. The maximum atomic E-state index is 12.6. The number of thioether (sulfide) groups is 1. The van der Waals surface area contributed by atoms with Gasteiger partial charge in [-0.15, -0.1) is 10.2 Å². The lowest BCUT2D eigenvalue weighted by molar-refractivity contribution is -0.123. The second-order valence-electron chi connectivity index (χ2n) is 9.10. The van der Waals surface area contributed by atoms with E-state index < -0.39 is 0 Å². The van der Waals surface area contributed by atoms with Crippen LogP contribution < -0.4 is 5.32 Å². The summed E-state index contributed by atoms with van der Waals surface area (Å²) in [5, 5.41) is 11.9. The first-order valence-corrected chi connectivity index (χ1v) is 11.4. The molecule has 4 bridgehead atoms. The van der Waals surface area contributed by atoms with E-state index in [0.29, 0.717) is 22.3 Å². The molecular weight excluding hydrogens is 370 g/mol. The topological polar surface area (TPSA) is 68.0 Å². The number of nitrogens with zero attached hydrogens (tertiary/aromatic N) is 2. The molecule has 1 amide bonds. The number of hydrogen-bond acceptors (Lipinski definition) is 5. The zero-order valence-corrected chi connectivity index (χ0v) is 17.1. The largest absolute Gasteiger partial charge is 0.411 e. The molecule has 6 rings (SSSR count). The van der Waals surface area contributed by atoms with E-state index in [-0.39, 0.29) is 11.9 Å². The minimum Gasteiger partial charge on any atom is -0.411 e. The molecule has 1 aromatic carbocycles. The average Bonchev–Trinajstić information content (AvgIpc) is 3.15. The molecule has 1 N–H and O–H groups in total. The van der Waals surface area contributed by atoms with Gasteiger partial charge < -0.3 is 9.73 Å². The summed E-state index contributed by atoms with van der Waals surface area (Å²) < 4.78 is 5.69. The molecule has 0 spiro atoms. The zero-order chi connectivity index (χ0) is 19.1. The second-order valence-corrected chi connectivity index (χ2v) is 10.0. The lowest BCUT2D eigenvalue weighted by Gasteiger charge is -2.59. The number of aromatic nitrogens is 2. The van der Waals surface area contributed by atoms with Gasteiger partial charge in [-0.2, -0.15) is 0 Å². The third kappa shape index (κ3) is 3.47. The second kappa shape index (κ2) is 7.21. The SMILES string of the molecule is CC(NC(=O)CSc1nnc(-c2ccccc2)o1)C12CC3CC(CC(C3)C1)C2. The maximum Gasteiger partial charge on any atom is 0.277 e. The summed E-state index contributed by atoms with van der Waals surface area (Å²) in [5.74, 6) is 3.56. The van der Waals surface area contributed by atoms with Crippen molar-refractivity contribution in [2.75, 3.05) is 5.75 Å². The van der Waals surface area contributed by atoms with Crippen molar-refractivity contribution in [3.05, 3.63) is 30.3 Å². The summed E-state index contributed by atoms with van der Waals surface area (Å²) in [5.41, 5.74) is 1.22. The molecule has 0 saturated heterocycles. The molecule has 6 heteroatoms. The molecule has 1 unspecified atom stereocenters. The van der Waals surface area contributed by atoms with Crippen LogP contribution in [0.15, 0.2) is 40.0 Å². The van der Waals surface area contributed by atoms with Crippen LogP contribution in [0.3, 0.4) is 0 Å². The highest BCUT2D eigenvalue weighted by Crippen LogP contribution is 2.61. The minimum absolute atomic E-state index is 0.0627. The molecule has 4 fully saturated rings. The summed E-state index contributed by atoms with van der Waals surface area (Å²) in [6.07, 6.45) is 8.19. The van der Waals surface area contributed by atoms with Crippen molar-refractivity contribution in [2.45, 2.75) is 56.7 Å². The first kappa shape index (κ1) is 18.2. The van der Waals surface area contributed by atoms with Crippen LogP contribution in [-0.4, -0.2) is 27.9 Å². The molecule has 0 aliphatic heterocycles. The smallest absolute Gasteiger partial charge is 0.277 e. The maximum absolute atomic E-state index is 12.6. The Balaban J connectivity index is 1.17. The summed E-state index contributed by atoms with van der Waals surface area (Å²) >= 11 is 1.31. The van der Waals surface area contributed by atoms with Crippen LogP contribution in [0, 0.1) is 23.2 Å². The highest BCUT2D eigenvalue weighted by atomic mass is 32.2. The fraction of sp³-hybridized carbons (Fsp3) is 0.591. The fourth-order valence-corrected chi connectivity index (χ4v) is 6.81. The van der Waals surface area contributed by atoms with E-state index in [9.17, 15) is 4.79 Å². The van der Waals surface area contributed by atoms with Crippen LogP contribution in [0.2, 0.25) is 0 Å². The Hall–Kier alpha value is -1.82. The summed E-state index contributed by atoms with van der Waals surface area (Å²) in [7, 11) is 0. The zero-order valence-electron chi connectivity index (χ0n) is 16.3. The van der Waals surface area contributed by atoms with Crippen LogP contribution in [0.5, 0.6) is 0 Å². The van der Waals surface area contributed by atoms with Crippen molar-refractivity contribution in [2.24, 2.45) is 23.2 Å². The number of amides is 1. The van der Waals surface area contributed by atoms with Crippen molar-refractivity contribution in [1.29, 1.82) is 0 Å². The molecule has 2 aromatic rings. The Kier molecular flexibility index (Phi) is 4.69. The predicted octanol–water partition coefficient (Wildman–Crippen LogP) is 4.55. The number of rotatable bonds is 6. The third-order valence-electron chi connectivity index (χ3n) is 7.14. The van der Waals surface area contributed by atoms with Crippen molar-refractivity contribution in [3.63, 3.8) is 0 Å². The van der Waals surface area contributed by atoms with Gasteiger partial charge in [-0.05, 0) is 80.8 Å². The standard InChI is InChI=1S/C22H27N3O2S/c1-14(22-10-15-7-16(11-22)9-17(8-15)12-22)23-19(26)13-28-21-25-24-20(27-21)18-5-3-2-4-6-18/h2-6,14-17H,7-13H2,1H3,(H,23,26). The van der Waals surface area contributed by atoms with Gasteiger partial charge in [0.1, 0.15) is 0 Å². The van der Waals surface area contributed by atoms with E-state index >= 15 is 0 Å². The number of nitrogens with one attached hydrogen (secondary N) is 1. The van der Waals surface area contributed by atoms with Gasteiger partial charge in [0.25, 0.3) is 5.22 Å². The highest BCUT2D eigenvalue weighted by Gasteiger charge is 2.53. The summed E-state index contributed by atoms with van der Waals surface area (Å²) in [6.45, 7) is 2.22. The highest BCUT2D eigenvalue weighted by molar-refractivity contribution is 7.99. The normalized spacial score (nSPS) is 31.7. The van der Waals surface area contributed by atoms with Crippen molar-refractivity contribution < 1.29 is 9.21 Å². The van der Waals surface area contributed by atoms with E-state index in [1.807, 2.05) is 30.3 Å². The first-order chi connectivity index (χ1) is 13.6. The number of carbonyl (C=O) groups is 1. The predicted molar refractivity (Wildman–Crippen MR) is 109 cm³/mol. The van der Waals surface area contributed by atoms with Gasteiger partial charge in [0.05, 0.1) is 5.75 Å². The molecule has 4 aliphatic carbocycles. The number of hydrogen-bond donors (Lipinski definition) is 1. The summed E-state index contributed by atoms with van der Waals surface area (Å²) in [4.78, 5) is 12.6. The Bertz CT molecular complexity index is 815. The summed E-state index contributed by atoms with van der Waals surface area (Å²) in [6, 6.07) is 9.93. The van der Waals surface area contributed by atoms with Gasteiger partial charge in [-0.25, -0.2) is 0 Å². The molecule has 4 saturated carbocycles. The van der Waals surface area contributed by atoms with E-state index in [1.54, 1.807) is 0 Å². The van der Waals surface area contributed by atoms with E-state index in [1.165, 1.54) is 50.3 Å². The minimum atomic E-state index is 0.0627. The molecule has 0 radical (unpaired) electrons. The van der Waals surface area contributed by atoms with E-state index in [0.717, 1.165) is 23.3 Å². The van der Waals surface area contributed by atoms with Crippen LogP contribution in [0.4, 0.5) is 0 Å². The molecule has 28 heavy (non-hydrogen) atoms. The Labute approximate surface area is 170 Å². The molecule has 1 aromatic heterocycles. The van der Waals surface area contributed by atoms with Crippen molar-refractivity contribution >= 4 is 17.7 Å². The van der Waals surface area contributed by atoms with Gasteiger partial charge >= 0.3 is 0 Å².